The van der Waals surface area contributed by atoms with Gasteiger partial charge in [-0.25, -0.2) is 4.79 Å². The zero-order valence-electron chi connectivity index (χ0n) is 20.6. The number of nitrogens with zero attached hydrogens (tertiary/aromatic N) is 2. The summed E-state index contributed by atoms with van der Waals surface area (Å²) in [5.41, 5.74) is 5.19. The number of aliphatic carboxylic acids is 1. The summed E-state index contributed by atoms with van der Waals surface area (Å²) in [5, 5.41) is 14.6. The second-order valence-electron chi connectivity index (χ2n) is 8.74. The molecular weight excluding hydrogens is 468 g/mol. The number of urea groups is 1. The molecule has 8 nitrogen and oxygen atoms in total. The lowest BCUT2D eigenvalue weighted by Gasteiger charge is -2.17. The van der Waals surface area contributed by atoms with Crippen molar-refractivity contribution in [3.63, 3.8) is 0 Å². The highest BCUT2D eigenvalue weighted by Crippen LogP contribution is 2.20. The van der Waals surface area contributed by atoms with Crippen LogP contribution in [0.5, 0.6) is 0 Å². The van der Waals surface area contributed by atoms with Gasteiger partial charge in [-0.15, -0.1) is 0 Å². The number of rotatable bonds is 8. The standard InChI is InChI=1S/C29H28N4O4/c1-20-6-3-4-8-26(20)31-29(37)30-23-13-11-22(12-14-23)25-7-5-17-33(28(25)36)18-21-9-15-24(16-10-21)32(2)19-27(34)35/h3-17H,18-19H2,1-2H3,(H,34,35)(H2,30,31,37). The average molecular weight is 497 g/mol. The van der Waals surface area contributed by atoms with E-state index in [0.717, 1.165) is 28.1 Å². The Morgan fingerprint density at radius 3 is 2.27 bits per heavy atom. The molecule has 0 spiro atoms. The summed E-state index contributed by atoms with van der Waals surface area (Å²) in [5.74, 6) is -0.899. The van der Waals surface area contributed by atoms with E-state index in [1.807, 2.05) is 61.5 Å². The Morgan fingerprint density at radius 1 is 0.892 bits per heavy atom. The SMILES string of the molecule is Cc1ccccc1NC(=O)Nc1ccc(-c2cccn(Cc3ccc(N(C)CC(=O)O)cc3)c2=O)cc1. The quantitative estimate of drug-likeness (QED) is 0.317. The Bertz CT molecular complexity index is 1460. The van der Waals surface area contributed by atoms with E-state index in [2.05, 4.69) is 10.6 Å². The van der Waals surface area contributed by atoms with Crippen molar-refractivity contribution in [1.82, 2.24) is 4.57 Å². The largest absolute Gasteiger partial charge is 0.480 e. The van der Waals surface area contributed by atoms with Gasteiger partial charge in [-0.1, -0.05) is 42.5 Å². The first kappa shape index (κ1) is 25.2. The average Bonchev–Trinajstić information content (AvgIpc) is 2.87. The first-order chi connectivity index (χ1) is 17.8. The summed E-state index contributed by atoms with van der Waals surface area (Å²) in [7, 11) is 1.72. The fourth-order valence-electron chi connectivity index (χ4n) is 3.96. The van der Waals surface area contributed by atoms with E-state index in [0.29, 0.717) is 17.8 Å². The van der Waals surface area contributed by atoms with Crippen molar-refractivity contribution in [2.24, 2.45) is 0 Å². The van der Waals surface area contributed by atoms with Gasteiger partial charge in [0, 0.05) is 35.9 Å². The molecule has 0 unspecified atom stereocenters. The third kappa shape index (κ3) is 6.43. The summed E-state index contributed by atoms with van der Waals surface area (Å²) in [6, 6.07) is 25.4. The number of anilines is 3. The number of para-hydroxylation sites is 1. The maximum absolute atomic E-state index is 13.2. The monoisotopic (exact) mass is 496 g/mol. The molecule has 3 aromatic carbocycles. The predicted octanol–water partition coefficient (Wildman–Crippen LogP) is 5.04. The zero-order valence-corrected chi connectivity index (χ0v) is 20.6. The van der Waals surface area contributed by atoms with Crippen LogP contribution in [-0.4, -0.2) is 35.3 Å². The lowest BCUT2D eigenvalue weighted by molar-refractivity contribution is -0.135. The fourth-order valence-corrected chi connectivity index (χ4v) is 3.96. The molecule has 8 heteroatoms. The molecule has 1 heterocycles. The molecule has 0 bridgehead atoms. The van der Waals surface area contributed by atoms with Crippen molar-refractivity contribution >= 4 is 29.1 Å². The van der Waals surface area contributed by atoms with E-state index in [1.54, 1.807) is 53.0 Å². The minimum absolute atomic E-state index is 0.0907. The van der Waals surface area contributed by atoms with Crippen molar-refractivity contribution < 1.29 is 14.7 Å². The Morgan fingerprint density at radius 2 is 1.59 bits per heavy atom. The van der Waals surface area contributed by atoms with Crippen LogP contribution in [0, 0.1) is 6.92 Å². The molecule has 2 amide bonds. The van der Waals surface area contributed by atoms with Gasteiger partial charge >= 0.3 is 12.0 Å². The number of pyridine rings is 1. The highest BCUT2D eigenvalue weighted by atomic mass is 16.4. The Hall–Kier alpha value is -4.85. The van der Waals surface area contributed by atoms with E-state index in [9.17, 15) is 14.4 Å². The smallest absolute Gasteiger partial charge is 0.323 e. The van der Waals surface area contributed by atoms with Crippen LogP contribution in [0.1, 0.15) is 11.1 Å². The lowest BCUT2D eigenvalue weighted by atomic mass is 10.1. The third-order valence-corrected chi connectivity index (χ3v) is 5.97. The van der Waals surface area contributed by atoms with E-state index >= 15 is 0 Å². The highest BCUT2D eigenvalue weighted by Gasteiger charge is 2.10. The number of amides is 2. The van der Waals surface area contributed by atoms with Gasteiger partial charge in [-0.3, -0.25) is 9.59 Å². The molecule has 3 N–H and O–H groups in total. The number of hydrogen-bond acceptors (Lipinski definition) is 4. The van der Waals surface area contributed by atoms with Crippen LogP contribution in [0.15, 0.2) is 95.9 Å². The molecule has 1 aromatic heterocycles. The van der Waals surface area contributed by atoms with E-state index in [1.165, 1.54) is 0 Å². The molecule has 0 fully saturated rings. The van der Waals surface area contributed by atoms with E-state index < -0.39 is 5.97 Å². The molecule has 0 aliphatic carbocycles. The topological polar surface area (TPSA) is 104 Å². The van der Waals surface area contributed by atoms with Gasteiger partial charge in [0.2, 0.25) is 0 Å². The molecule has 0 radical (unpaired) electrons. The highest BCUT2D eigenvalue weighted by molar-refractivity contribution is 6.00. The van der Waals surface area contributed by atoms with Gasteiger partial charge in [0.25, 0.3) is 5.56 Å². The lowest BCUT2D eigenvalue weighted by Crippen LogP contribution is -2.25. The van der Waals surface area contributed by atoms with E-state index in [4.69, 9.17) is 5.11 Å². The van der Waals surface area contributed by atoms with Crippen molar-refractivity contribution in [2.45, 2.75) is 13.5 Å². The molecule has 0 aliphatic heterocycles. The predicted molar refractivity (Wildman–Crippen MR) is 146 cm³/mol. The molecular formula is C29H28N4O4. The summed E-state index contributed by atoms with van der Waals surface area (Å²) in [4.78, 5) is 38.1. The molecule has 37 heavy (non-hydrogen) atoms. The second-order valence-corrected chi connectivity index (χ2v) is 8.74. The number of carboxylic acid groups (broad SMARTS) is 1. The Kier molecular flexibility index (Phi) is 7.68. The van der Waals surface area contributed by atoms with Gasteiger partial charge in [-0.2, -0.15) is 0 Å². The van der Waals surface area contributed by atoms with Gasteiger partial charge < -0.3 is 25.2 Å². The van der Waals surface area contributed by atoms with Crippen LogP contribution in [0.3, 0.4) is 0 Å². The van der Waals surface area contributed by atoms with Gasteiger partial charge in [0.1, 0.15) is 6.54 Å². The fraction of sp³-hybridized carbons (Fsp3) is 0.138. The Balaban J connectivity index is 1.44. The maximum Gasteiger partial charge on any atom is 0.323 e. The summed E-state index contributed by atoms with van der Waals surface area (Å²) >= 11 is 0. The molecule has 0 atom stereocenters. The maximum atomic E-state index is 13.2. The van der Waals surface area contributed by atoms with Crippen molar-refractivity contribution in [2.75, 3.05) is 29.1 Å². The number of carbonyl (C=O) groups is 2. The minimum Gasteiger partial charge on any atom is -0.480 e. The molecule has 0 saturated carbocycles. The van der Waals surface area contributed by atoms with Crippen molar-refractivity contribution in [3.8, 4) is 11.1 Å². The number of aromatic nitrogens is 1. The molecule has 4 aromatic rings. The number of hydrogen-bond donors (Lipinski definition) is 3. The molecule has 4 rings (SSSR count). The molecule has 0 aliphatic rings. The van der Waals surface area contributed by atoms with Crippen molar-refractivity contribution in [1.29, 1.82) is 0 Å². The van der Waals surface area contributed by atoms with Crippen LogP contribution < -0.4 is 21.1 Å². The minimum atomic E-state index is -0.899. The first-order valence-electron chi connectivity index (χ1n) is 11.8. The Labute approximate surface area is 214 Å². The zero-order chi connectivity index (χ0) is 26.4. The van der Waals surface area contributed by atoms with Crippen LogP contribution >= 0.6 is 0 Å². The van der Waals surface area contributed by atoms with E-state index in [-0.39, 0.29) is 18.1 Å². The number of benzene rings is 3. The second kappa shape index (κ2) is 11.3. The van der Waals surface area contributed by atoms with Crippen molar-refractivity contribution in [3.05, 3.63) is 113 Å². The summed E-state index contributed by atoms with van der Waals surface area (Å²) < 4.78 is 1.63. The van der Waals surface area contributed by atoms with Crippen LogP contribution in [-0.2, 0) is 11.3 Å². The van der Waals surface area contributed by atoms with Crippen LogP contribution in [0.4, 0.5) is 21.9 Å². The number of likely N-dealkylation sites (N-methyl/N-ethyl adjacent to an activating group) is 1. The number of carbonyl (C=O) groups excluding carboxylic acids is 1. The number of carboxylic acids is 1. The van der Waals surface area contributed by atoms with Gasteiger partial charge in [0.05, 0.1) is 6.54 Å². The number of nitrogens with one attached hydrogen (secondary N) is 2. The first-order valence-corrected chi connectivity index (χ1v) is 11.8. The van der Waals surface area contributed by atoms with Crippen LogP contribution in [0.25, 0.3) is 11.1 Å². The van der Waals surface area contributed by atoms with Gasteiger partial charge in [-0.05, 0) is 66.1 Å². The normalized spacial score (nSPS) is 10.5. The van der Waals surface area contributed by atoms with Gasteiger partial charge in [0.15, 0.2) is 0 Å². The molecule has 0 saturated heterocycles. The third-order valence-electron chi connectivity index (χ3n) is 5.97. The van der Waals surface area contributed by atoms with Crippen LogP contribution in [0.2, 0.25) is 0 Å². The molecule has 188 valence electrons. The summed E-state index contributed by atoms with van der Waals surface area (Å²) in [6.45, 7) is 2.22. The summed E-state index contributed by atoms with van der Waals surface area (Å²) in [6.07, 6.45) is 1.74. The number of aryl methyl sites for hydroxylation is 1.